The summed E-state index contributed by atoms with van der Waals surface area (Å²) in [5.74, 6) is -0.350. The highest BCUT2D eigenvalue weighted by molar-refractivity contribution is 7.92. The standard InChI is InChI=1S/C18H24N2O5S/c1-13-18(14(2)25-19-13)20-26(23,24)16-10-7-9-15(12-16)8-5-3-4-6-11-17(21)22/h7,9-10,12,20H,3-6,8,11H2,1-2H3,(H,21,22). The molecule has 0 unspecified atom stereocenters. The molecule has 0 fully saturated rings. The Morgan fingerprint density at radius 2 is 1.92 bits per heavy atom. The van der Waals surface area contributed by atoms with Crippen LogP contribution in [-0.4, -0.2) is 24.7 Å². The van der Waals surface area contributed by atoms with Gasteiger partial charge in [0, 0.05) is 6.42 Å². The molecule has 26 heavy (non-hydrogen) atoms. The minimum Gasteiger partial charge on any atom is -0.481 e. The fourth-order valence-electron chi connectivity index (χ4n) is 2.65. The average molecular weight is 380 g/mol. The molecular formula is C18H24N2O5S. The average Bonchev–Trinajstić information content (AvgIpc) is 2.89. The molecule has 0 saturated heterocycles. The van der Waals surface area contributed by atoms with Crippen molar-refractivity contribution in [3.63, 3.8) is 0 Å². The summed E-state index contributed by atoms with van der Waals surface area (Å²) in [6.45, 7) is 3.33. The Morgan fingerprint density at radius 3 is 2.58 bits per heavy atom. The van der Waals surface area contributed by atoms with Crippen LogP contribution in [0.1, 0.15) is 49.1 Å². The summed E-state index contributed by atoms with van der Waals surface area (Å²) in [6.07, 6.45) is 4.29. The Balaban J connectivity index is 1.96. The van der Waals surface area contributed by atoms with Gasteiger partial charge in [0.05, 0.1) is 4.90 Å². The van der Waals surface area contributed by atoms with Crippen LogP contribution in [0.2, 0.25) is 0 Å². The van der Waals surface area contributed by atoms with Gasteiger partial charge >= 0.3 is 5.97 Å². The highest BCUT2D eigenvalue weighted by Crippen LogP contribution is 2.23. The number of rotatable bonds is 10. The maximum absolute atomic E-state index is 12.6. The molecule has 2 rings (SSSR count). The summed E-state index contributed by atoms with van der Waals surface area (Å²) in [5.41, 5.74) is 1.79. The van der Waals surface area contributed by atoms with Gasteiger partial charge in [0.1, 0.15) is 11.4 Å². The molecule has 0 amide bonds. The first-order valence-corrected chi connectivity index (χ1v) is 10.0. The number of nitrogens with one attached hydrogen (secondary N) is 1. The van der Waals surface area contributed by atoms with Gasteiger partial charge in [-0.3, -0.25) is 9.52 Å². The molecule has 0 bridgehead atoms. The lowest BCUT2D eigenvalue weighted by atomic mass is 10.1. The summed E-state index contributed by atoms with van der Waals surface area (Å²) in [6, 6.07) is 6.84. The largest absolute Gasteiger partial charge is 0.481 e. The number of nitrogens with zero attached hydrogens (tertiary/aromatic N) is 1. The van der Waals surface area contributed by atoms with E-state index in [0.717, 1.165) is 31.2 Å². The number of sulfonamides is 1. The van der Waals surface area contributed by atoms with Gasteiger partial charge < -0.3 is 9.63 Å². The first-order chi connectivity index (χ1) is 12.3. The van der Waals surface area contributed by atoms with Gasteiger partial charge in [0.15, 0.2) is 5.76 Å². The van der Waals surface area contributed by atoms with Crippen LogP contribution in [0.3, 0.4) is 0 Å². The van der Waals surface area contributed by atoms with Crippen LogP contribution in [-0.2, 0) is 21.2 Å². The van der Waals surface area contributed by atoms with Crippen LogP contribution in [0.5, 0.6) is 0 Å². The normalized spacial score (nSPS) is 11.5. The van der Waals surface area contributed by atoms with Crippen LogP contribution >= 0.6 is 0 Å². The minimum atomic E-state index is -3.71. The third kappa shape index (κ3) is 5.59. The molecule has 7 nitrogen and oxygen atoms in total. The number of benzene rings is 1. The molecule has 0 radical (unpaired) electrons. The SMILES string of the molecule is Cc1noc(C)c1NS(=O)(=O)c1cccc(CCCCCCC(=O)O)c1. The lowest BCUT2D eigenvalue weighted by Crippen LogP contribution is -2.14. The van der Waals surface area contributed by atoms with Crippen molar-refractivity contribution in [2.45, 2.75) is 57.3 Å². The van der Waals surface area contributed by atoms with E-state index in [1.54, 1.807) is 32.0 Å². The summed E-state index contributed by atoms with van der Waals surface area (Å²) in [5, 5.41) is 12.4. The highest BCUT2D eigenvalue weighted by atomic mass is 32.2. The van der Waals surface area contributed by atoms with Gasteiger partial charge in [-0.05, 0) is 50.8 Å². The second kappa shape index (κ2) is 8.84. The Hall–Kier alpha value is -2.35. The maximum atomic E-state index is 12.6. The fraction of sp³-hybridized carbons (Fsp3) is 0.444. The van der Waals surface area contributed by atoms with E-state index in [9.17, 15) is 13.2 Å². The van der Waals surface area contributed by atoms with Crippen molar-refractivity contribution < 1.29 is 22.8 Å². The fourth-order valence-corrected chi connectivity index (χ4v) is 3.89. The number of carboxylic acids is 1. The van der Waals surface area contributed by atoms with Crippen molar-refractivity contribution in [1.29, 1.82) is 0 Å². The smallest absolute Gasteiger partial charge is 0.303 e. The molecule has 1 heterocycles. The summed E-state index contributed by atoms with van der Waals surface area (Å²) in [4.78, 5) is 10.7. The monoisotopic (exact) mass is 380 g/mol. The zero-order valence-corrected chi connectivity index (χ0v) is 15.8. The molecule has 2 N–H and O–H groups in total. The third-order valence-electron chi connectivity index (χ3n) is 4.08. The summed E-state index contributed by atoms with van der Waals surface area (Å²) < 4.78 is 32.7. The van der Waals surface area contributed by atoms with Crippen molar-refractivity contribution in [2.75, 3.05) is 4.72 Å². The number of hydrogen-bond donors (Lipinski definition) is 2. The number of aryl methyl sites for hydroxylation is 3. The van der Waals surface area contributed by atoms with E-state index in [1.807, 2.05) is 6.07 Å². The Kier molecular flexibility index (Phi) is 6.79. The lowest BCUT2D eigenvalue weighted by molar-refractivity contribution is -0.137. The van der Waals surface area contributed by atoms with Crippen molar-refractivity contribution in [3.8, 4) is 0 Å². The molecule has 0 atom stereocenters. The van der Waals surface area contributed by atoms with E-state index in [4.69, 9.17) is 9.63 Å². The number of aliphatic carboxylic acids is 1. The van der Waals surface area contributed by atoms with Crippen molar-refractivity contribution in [2.24, 2.45) is 0 Å². The molecule has 0 aliphatic heterocycles. The maximum Gasteiger partial charge on any atom is 0.303 e. The van der Waals surface area contributed by atoms with Crippen molar-refractivity contribution in [1.82, 2.24) is 5.16 Å². The van der Waals surface area contributed by atoms with E-state index in [1.165, 1.54) is 0 Å². The second-order valence-corrected chi connectivity index (χ2v) is 7.94. The van der Waals surface area contributed by atoms with Gasteiger partial charge in [-0.2, -0.15) is 0 Å². The van der Waals surface area contributed by atoms with Crippen molar-refractivity contribution >= 4 is 21.7 Å². The van der Waals surface area contributed by atoms with E-state index in [2.05, 4.69) is 9.88 Å². The number of anilines is 1. The minimum absolute atomic E-state index is 0.195. The van der Waals surface area contributed by atoms with Crippen LogP contribution in [0, 0.1) is 13.8 Å². The molecule has 2 aromatic rings. The molecule has 1 aromatic carbocycles. The highest BCUT2D eigenvalue weighted by Gasteiger charge is 2.19. The number of carboxylic acid groups (broad SMARTS) is 1. The Labute approximate surface area is 153 Å². The molecule has 0 aliphatic carbocycles. The lowest BCUT2D eigenvalue weighted by Gasteiger charge is -2.09. The predicted octanol–water partition coefficient (Wildman–Crippen LogP) is 3.67. The Morgan fingerprint density at radius 1 is 1.19 bits per heavy atom. The Bertz CT molecular complexity index is 839. The molecule has 0 saturated carbocycles. The van der Waals surface area contributed by atoms with Crippen LogP contribution in [0.15, 0.2) is 33.7 Å². The molecule has 8 heteroatoms. The number of aromatic nitrogens is 1. The van der Waals surface area contributed by atoms with Crippen LogP contribution in [0.4, 0.5) is 5.69 Å². The third-order valence-corrected chi connectivity index (χ3v) is 5.43. The van der Waals surface area contributed by atoms with E-state index in [0.29, 0.717) is 23.6 Å². The van der Waals surface area contributed by atoms with Gasteiger partial charge in [-0.25, -0.2) is 8.42 Å². The topological polar surface area (TPSA) is 110 Å². The quantitative estimate of drug-likeness (QED) is 0.609. The molecule has 0 aliphatic rings. The van der Waals surface area contributed by atoms with E-state index < -0.39 is 16.0 Å². The van der Waals surface area contributed by atoms with Crippen LogP contribution < -0.4 is 4.72 Å². The first-order valence-electron chi connectivity index (χ1n) is 8.56. The van der Waals surface area contributed by atoms with Gasteiger partial charge in [0.2, 0.25) is 0 Å². The van der Waals surface area contributed by atoms with Gasteiger partial charge in [-0.15, -0.1) is 0 Å². The number of carbonyl (C=O) groups is 1. The summed E-state index contributed by atoms with van der Waals surface area (Å²) >= 11 is 0. The van der Waals surface area contributed by atoms with Gasteiger partial charge in [-0.1, -0.05) is 30.1 Å². The predicted molar refractivity (Wildman–Crippen MR) is 97.7 cm³/mol. The number of unbranched alkanes of at least 4 members (excludes halogenated alkanes) is 3. The zero-order chi connectivity index (χ0) is 19.2. The molecule has 142 valence electrons. The number of hydrogen-bond acceptors (Lipinski definition) is 5. The first kappa shape index (κ1) is 20.0. The van der Waals surface area contributed by atoms with Crippen molar-refractivity contribution in [3.05, 3.63) is 41.3 Å². The van der Waals surface area contributed by atoms with Gasteiger partial charge in [0.25, 0.3) is 10.0 Å². The summed E-state index contributed by atoms with van der Waals surface area (Å²) in [7, 11) is -3.71. The van der Waals surface area contributed by atoms with E-state index >= 15 is 0 Å². The molecule has 0 spiro atoms. The van der Waals surface area contributed by atoms with E-state index in [-0.39, 0.29) is 11.3 Å². The zero-order valence-electron chi connectivity index (χ0n) is 15.0. The molecular weight excluding hydrogens is 356 g/mol. The van der Waals surface area contributed by atoms with Crippen LogP contribution in [0.25, 0.3) is 0 Å². The second-order valence-electron chi connectivity index (χ2n) is 6.26. The molecule has 1 aromatic heterocycles.